The van der Waals surface area contributed by atoms with Crippen LogP contribution >= 0.6 is 11.3 Å². The van der Waals surface area contributed by atoms with Crippen LogP contribution in [0.2, 0.25) is 0 Å². The molecule has 0 saturated carbocycles. The first-order chi connectivity index (χ1) is 12.5. The van der Waals surface area contributed by atoms with E-state index in [-0.39, 0.29) is 23.7 Å². The van der Waals surface area contributed by atoms with Crippen molar-refractivity contribution in [1.82, 2.24) is 15.0 Å². The molecule has 2 aromatic heterocycles. The van der Waals surface area contributed by atoms with E-state index in [1.54, 1.807) is 19.1 Å². The third kappa shape index (κ3) is 3.62. The smallest absolute Gasteiger partial charge is 0.273 e. The van der Waals surface area contributed by atoms with Crippen LogP contribution in [0.15, 0.2) is 40.2 Å². The normalized spacial score (nSPS) is 10.7. The van der Waals surface area contributed by atoms with Crippen LogP contribution in [0.3, 0.4) is 0 Å². The van der Waals surface area contributed by atoms with E-state index in [9.17, 15) is 14.9 Å². The molecule has 2 heterocycles. The predicted octanol–water partition coefficient (Wildman–Crippen LogP) is 3.68. The fourth-order valence-electron chi connectivity index (χ4n) is 2.44. The van der Waals surface area contributed by atoms with Crippen LogP contribution in [0, 0.1) is 17.0 Å². The zero-order valence-electron chi connectivity index (χ0n) is 14.2. The molecule has 0 aliphatic rings. The Morgan fingerprint density at radius 2 is 2.19 bits per heavy atom. The summed E-state index contributed by atoms with van der Waals surface area (Å²) in [6, 6.07) is 8.22. The largest absolute Gasteiger partial charge is 0.337 e. The maximum absolute atomic E-state index is 12.7. The lowest BCUT2D eigenvalue weighted by Gasteiger charge is -2.18. The fourth-order valence-corrected chi connectivity index (χ4v) is 3.09. The Labute approximate surface area is 153 Å². The van der Waals surface area contributed by atoms with Gasteiger partial charge in [0.1, 0.15) is 6.54 Å². The highest BCUT2D eigenvalue weighted by molar-refractivity contribution is 7.13. The maximum atomic E-state index is 12.7. The molecule has 0 aliphatic carbocycles. The van der Waals surface area contributed by atoms with Crippen LogP contribution in [0.1, 0.15) is 28.7 Å². The van der Waals surface area contributed by atoms with Crippen LogP contribution < -0.4 is 0 Å². The topological polar surface area (TPSA) is 102 Å². The number of nitro groups is 1. The number of benzene rings is 1. The van der Waals surface area contributed by atoms with Crippen molar-refractivity contribution >= 4 is 22.9 Å². The average molecular weight is 372 g/mol. The highest BCUT2D eigenvalue weighted by atomic mass is 32.1. The molecule has 0 fully saturated rings. The summed E-state index contributed by atoms with van der Waals surface area (Å²) in [6.45, 7) is 3.98. The number of thiophene rings is 1. The van der Waals surface area contributed by atoms with E-state index in [1.807, 2.05) is 24.4 Å². The Bertz CT molecular complexity index is 936. The molecule has 0 N–H and O–H groups in total. The van der Waals surface area contributed by atoms with Crippen LogP contribution in [0.4, 0.5) is 5.69 Å². The molecule has 0 unspecified atom stereocenters. The van der Waals surface area contributed by atoms with Gasteiger partial charge in [-0.3, -0.25) is 14.9 Å². The minimum atomic E-state index is -0.492. The lowest BCUT2D eigenvalue weighted by atomic mass is 10.1. The standard InChI is InChI=1S/C17H16N4O4S/c1-3-20(10-15-18-16(19-25-15)14-5-4-8-26-14)17(22)12-7-6-11(2)13(9-12)21(23)24/h4-9H,3,10H2,1-2H3. The second kappa shape index (κ2) is 7.44. The number of rotatable bonds is 6. The molecule has 1 amide bonds. The van der Waals surface area contributed by atoms with Gasteiger partial charge in [0, 0.05) is 23.7 Å². The first-order valence-electron chi connectivity index (χ1n) is 7.90. The van der Waals surface area contributed by atoms with Gasteiger partial charge in [0.25, 0.3) is 11.6 Å². The summed E-state index contributed by atoms with van der Waals surface area (Å²) in [5, 5.41) is 16.9. The van der Waals surface area contributed by atoms with Crippen molar-refractivity contribution in [2.75, 3.05) is 6.54 Å². The second-order valence-electron chi connectivity index (χ2n) is 5.57. The van der Waals surface area contributed by atoms with Gasteiger partial charge in [-0.1, -0.05) is 17.3 Å². The minimum Gasteiger partial charge on any atom is -0.337 e. The predicted molar refractivity (Wildman–Crippen MR) is 95.9 cm³/mol. The van der Waals surface area contributed by atoms with Gasteiger partial charge < -0.3 is 9.42 Å². The lowest BCUT2D eigenvalue weighted by Crippen LogP contribution is -2.30. The molecule has 134 valence electrons. The molecule has 0 aliphatic heterocycles. The monoisotopic (exact) mass is 372 g/mol. The number of hydrogen-bond donors (Lipinski definition) is 0. The molecular weight excluding hydrogens is 356 g/mol. The molecule has 0 radical (unpaired) electrons. The number of hydrogen-bond acceptors (Lipinski definition) is 7. The van der Waals surface area contributed by atoms with E-state index in [0.29, 0.717) is 23.8 Å². The van der Waals surface area contributed by atoms with Crippen LogP contribution in [0.25, 0.3) is 10.7 Å². The summed E-state index contributed by atoms with van der Waals surface area (Å²) in [7, 11) is 0. The van der Waals surface area contributed by atoms with E-state index in [0.717, 1.165) is 4.88 Å². The SMILES string of the molecule is CCN(Cc1nc(-c2cccs2)no1)C(=O)c1ccc(C)c([N+](=O)[O-])c1. The first-order valence-corrected chi connectivity index (χ1v) is 8.78. The van der Waals surface area contributed by atoms with Crippen LogP contribution in [0.5, 0.6) is 0 Å². The zero-order valence-corrected chi connectivity index (χ0v) is 15.0. The molecular formula is C17H16N4O4S. The third-order valence-electron chi connectivity index (χ3n) is 3.86. The van der Waals surface area contributed by atoms with E-state index < -0.39 is 4.92 Å². The number of aromatic nitrogens is 2. The molecule has 8 nitrogen and oxygen atoms in total. The summed E-state index contributed by atoms with van der Waals surface area (Å²) >= 11 is 1.49. The van der Waals surface area contributed by atoms with Crippen LogP contribution in [-0.4, -0.2) is 32.4 Å². The van der Waals surface area contributed by atoms with Gasteiger partial charge >= 0.3 is 0 Å². The van der Waals surface area contributed by atoms with Gasteiger partial charge in [0.05, 0.1) is 9.80 Å². The van der Waals surface area contributed by atoms with Gasteiger partial charge in [0.15, 0.2) is 0 Å². The molecule has 3 aromatic rings. The summed E-state index contributed by atoms with van der Waals surface area (Å²) in [6.07, 6.45) is 0. The summed E-state index contributed by atoms with van der Waals surface area (Å²) in [5.74, 6) is 0.459. The van der Waals surface area contributed by atoms with Gasteiger partial charge in [-0.15, -0.1) is 11.3 Å². The van der Waals surface area contributed by atoms with Crippen molar-refractivity contribution in [3.8, 4) is 10.7 Å². The summed E-state index contributed by atoms with van der Waals surface area (Å²) < 4.78 is 5.23. The molecule has 26 heavy (non-hydrogen) atoms. The number of nitro benzene ring substituents is 1. The lowest BCUT2D eigenvalue weighted by molar-refractivity contribution is -0.385. The maximum Gasteiger partial charge on any atom is 0.273 e. The van der Waals surface area contributed by atoms with E-state index in [4.69, 9.17) is 4.52 Å². The van der Waals surface area contributed by atoms with Crippen molar-refractivity contribution in [3.05, 3.63) is 62.8 Å². The van der Waals surface area contributed by atoms with Crippen molar-refractivity contribution in [2.24, 2.45) is 0 Å². The highest BCUT2D eigenvalue weighted by Crippen LogP contribution is 2.23. The molecule has 1 aromatic carbocycles. The summed E-state index contributed by atoms with van der Waals surface area (Å²) in [5.41, 5.74) is 0.680. The first kappa shape index (κ1) is 17.7. The van der Waals surface area contributed by atoms with Gasteiger partial charge in [-0.05, 0) is 31.4 Å². The van der Waals surface area contributed by atoms with E-state index >= 15 is 0 Å². The van der Waals surface area contributed by atoms with E-state index in [2.05, 4.69) is 10.1 Å². The second-order valence-corrected chi connectivity index (χ2v) is 6.51. The Kier molecular flexibility index (Phi) is 5.08. The number of carbonyl (C=O) groups excluding carboxylic acids is 1. The van der Waals surface area contributed by atoms with E-state index in [1.165, 1.54) is 22.3 Å². The van der Waals surface area contributed by atoms with Gasteiger partial charge in [-0.25, -0.2) is 0 Å². The molecule has 0 bridgehead atoms. The van der Waals surface area contributed by atoms with Gasteiger partial charge in [-0.2, -0.15) is 4.98 Å². The van der Waals surface area contributed by atoms with Crippen molar-refractivity contribution in [3.63, 3.8) is 0 Å². The molecule has 3 rings (SSSR count). The molecule has 9 heteroatoms. The average Bonchev–Trinajstić information content (AvgIpc) is 3.30. The number of carbonyl (C=O) groups is 1. The van der Waals surface area contributed by atoms with Crippen molar-refractivity contribution in [2.45, 2.75) is 20.4 Å². The number of amides is 1. The molecule has 0 saturated heterocycles. The molecule has 0 spiro atoms. The minimum absolute atomic E-state index is 0.0790. The van der Waals surface area contributed by atoms with Crippen molar-refractivity contribution in [1.29, 1.82) is 0 Å². The molecule has 0 atom stereocenters. The highest BCUT2D eigenvalue weighted by Gasteiger charge is 2.21. The van der Waals surface area contributed by atoms with Crippen molar-refractivity contribution < 1.29 is 14.2 Å². The number of aryl methyl sites for hydroxylation is 1. The Morgan fingerprint density at radius 3 is 2.85 bits per heavy atom. The summed E-state index contributed by atoms with van der Waals surface area (Å²) in [4.78, 5) is 30.0. The quantitative estimate of drug-likeness (QED) is 0.483. The Balaban J connectivity index is 1.79. The number of nitrogens with zero attached hydrogens (tertiary/aromatic N) is 4. The third-order valence-corrected chi connectivity index (χ3v) is 4.72. The van der Waals surface area contributed by atoms with Crippen LogP contribution in [-0.2, 0) is 6.54 Å². The van der Waals surface area contributed by atoms with Gasteiger partial charge in [0.2, 0.25) is 11.7 Å². The fraction of sp³-hybridized carbons (Fsp3) is 0.235. The zero-order chi connectivity index (χ0) is 18.7. The Hall–Kier alpha value is -3.07. The Morgan fingerprint density at radius 1 is 1.38 bits per heavy atom.